The lowest BCUT2D eigenvalue weighted by molar-refractivity contribution is -0.900. The Balaban J connectivity index is 4.20. The van der Waals surface area contributed by atoms with Crippen LogP contribution in [0.5, 0.6) is 0 Å². The highest BCUT2D eigenvalue weighted by Gasteiger charge is 2.28. The summed E-state index contributed by atoms with van der Waals surface area (Å²) in [7, 11) is 6.36. The lowest BCUT2D eigenvalue weighted by atomic mass is 10.0. The predicted molar refractivity (Wildman–Crippen MR) is 53.3 cm³/mol. The Hall–Kier alpha value is -0.570. The maximum Gasteiger partial charge on any atom is 0.302 e. The van der Waals surface area contributed by atoms with Gasteiger partial charge in [0, 0.05) is 12.8 Å². The van der Waals surface area contributed by atoms with E-state index in [-0.39, 0.29) is 5.97 Å². The average Bonchev–Trinajstić information content (AvgIpc) is 1.81. The summed E-state index contributed by atoms with van der Waals surface area (Å²) in [6.45, 7) is 6.26. The van der Waals surface area contributed by atoms with E-state index in [0.29, 0.717) is 18.6 Å². The number of hydrogen-bond acceptors (Lipinski definition) is 2. The van der Waals surface area contributed by atoms with Gasteiger partial charge in [-0.1, -0.05) is 13.8 Å². The van der Waals surface area contributed by atoms with Gasteiger partial charge in [0.15, 0.2) is 0 Å². The molecule has 78 valence electrons. The van der Waals surface area contributed by atoms with Crippen molar-refractivity contribution in [2.24, 2.45) is 5.92 Å². The smallest absolute Gasteiger partial charge is 0.302 e. The minimum atomic E-state index is -0.195. The van der Waals surface area contributed by atoms with E-state index in [4.69, 9.17) is 4.74 Å². The summed E-state index contributed by atoms with van der Waals surface area (Å²) in [5.41, 5.74) is 0. The van der Waals surface area contributed by atoms with Gasteiger partial charge < -0.3 is 9.22 Å². The van der Waals surface area contributed by atoms with Crippen LogP contribution >= 0.6 is 0 Å². The van der Waals surface area contributed by atoms with Gasteiger partial charge in [0.05, 0.1) is 21.1 Å². The van der Waals surface area contributed by atoms with E-state index < -0.39 is 0 Å². The molecule has 0 spiro atoms. The second-order valence-corrected chi connectivity index (χ2v) is 4.73. The first kappa shape index (κ1) is 12.4. The molecule has 0 saturated carbocycles. The summed E-state index contributed by atoms with van der Waals surface area (Å²) in [5.74, 6) is 0.318. The van der Waals surface area contributed by atoms with Crippen LogP contribution in [0, 0.1) is 5.92 Å². The Morgan fingerprint density at radius 2 is 1.77 bits per heavy atom. The number of carbonyl (C=O) groups is 1. The van der Waals surface area contributed by atoms with Gasteiger partial charge in [0.25, 0.3) is 0 Å². The molecule has 13 heavy (non-hydrogen) atoms. The molecular formula is C10H22NO2+. The van der Waals surface area contributed by atoms with Gasteiger partial charge in [-0.15, -0.1) is 0 Å². The molecule has 1 unspecified atom stereocenters. The zero-order valence-corrected chi connectivity index (χ0v) is 9.63. The van der Waals surface area contributed by atoms with Gasteiger partial charge in [-0.05, 0) is 0 Å². The number of quaternary nitrogens is 1. The maximum atomic E-state index is 10.7. The monoisotopic (exact) mass is 188 g/mol. The number of likely N-dealkylation sites (N-methyl/N-ethyl adjacent to an activating group) is 1. The second kappa shape index (κ2) is 4.61. The molecule has 0 aliphatic carbocycles. The lowest BCUT2D eigenvalue weighted by Gasteiger charge is -2.36. The third kappa shape index (κ3) is 4.88. The minimum absolute atomic E-state index is 0.195. The molecule has 0 aromatic rings. The van der Waals surface area contributed by atoms with E-state index >= 15 is 0 Å². The summed E-state index contributed by atoms with van der Waals surface area (Å²) < 4.78 is 5.86. The Kier molecular flexibility index (Phi) is 4.40. The highest BCUT2D eigenvalue weighted by molar-refractivity contribution is 5.65. The van der Waals surface area contributed by atoms with E-state index in [1.807, 2.05) is 0 Å². The fourth-order valence-corrected chi connectivity index (χ4v) is 1.51. The van der Waals surface area contributed by atoms with Gasteiger partial charge in [-0.2, -0.15) is 0 Å². The van der Waals surface area contributed by atoms with Crippen molar-refractivity contribution in [3.63, 3.8) is 0 Å². The van der Waals surface area contributed by atoms with Crippen molar-refractivity contribution in [1.29, 1.82) is 0 Å². The number of rotatable bonds is 4. The summed E-state index contributed by atoms with van der Waals surface area (Å²) in [6, 6.07) is 0.365. The summed E-state index contributed by atoms with van der Waals surface area (Å²) in [4.78, 5) is 10.7. The van der Waals surface area contributed by atoms with Crippen LogP contribution in [0.3, 0.4) is 0 Å². The molecule has 0 fully saturated rings. The molecule has 0 aromatic heterocycles. The molecule has 0 heterocycles. The predicted octanol–water partition coefficient (Wildman–Crippen LogP) is 1.28. The number of hydrogen-bond donors (Lipinski definition) is 0. The van der Waals surface area contributed by atoms with Crippen LogP contribution in [0.2, 0.25) is 0 Å². The molecule has 1 atom stereocenters. The molecule has 0 saturated heterocycles. The zero-order valence-electron chi connectivity index (χ0n) is 9.63. The summed E-state index contributed by atoms with van der Waals surface area (Å²) in [6.07, 6.45) is 0. The minimum Gasteiger partial charge on any atom is -0.460 e. The van der Waals surface area contributed by atoms with Crippen molar-refractivity contribution in [3.8, 4) is 0 Å². The molecule has 0 aliphatic heterocycles. The molecule has 3 heteroatoms. The lowest BCUT2D eigenvalue weighted by Crippen LogP contribution is -2.50. The first-order valence-corrected chi connectivity index (χ1v) is 4.69. The van der Waals surface area contributed by atoms with Crippen LogP contribution in [-0.2, 0) is 9.53 Å². The molecule has 0 radical (unpaired) electrons. The van der Waals surface area contributed by atoms with Gasteiger partial charge in [-0.3, -0.25) is 4.79 Å². The Morgan fingerprint density at radius 1 is 1.31 bits per heavy atom. The van der Waals surface area contributed by atoms with Crippen LogP contribution in [0.1, 0.15) is 20.8 Å². The van der Waals surface area contributed by atoms with Gasteiger partial charge in [-0.25, -0.2) is 0 Å². The largest absolute Gasteiger partial charge is 0.460 e. The van der Waals surface area contributed by atoms with E-state index in [0.717, 1.165) is 4.48 Å². The van der Waals surface area contributed by atoms with E-state index in [1.54, 1.807) is 0 Å². The SMILES string of the molecule is CC(=O)OCC(C(C)C)[N+](C)(C)C. The molecule has 0 rings (SSSR count). The van der Waals surface area contributed by atoms with E-state index in [1.165, 1.54) is 6.92 Å². The Morgan fingerprint density at radius 3 is 2.00 bits per heavy atom. The average molecular weight is 188 g/mol. The topological polar surface area (TPSA) is 26.3 Å². The molecule has 0 amide bonds. The van der Waals surface area contributed by atoms with Gasteiger partial charge >= 0.3 is 5.97 Å². The fourth-order valence-electron chi connectivity index (χ4n) is 1.51. The quantitative estimate of drug-likeness (QED) is 0.491. The zero-order chi connectivity index (χ0) is 10.6. The highest BCUT2D eigenvalue weighted by atomic mass is 16.5. The number of esters is 1. The standard InChI is InChI=1S/C10H22NO2/c1-8(2)10(11(4,5)6)7-13-9(3)12/h8,10H,7H2,1-6H3/q+1. The number of nitrogens with zero attached hydrogens (tertiary/aromatic N) is 1. The van der Waals surface area contributed by atoms with Crippen LogP contribution < -0.4 is 0 Å². The van der Waals surface area contributed by atoms with Crippen molar-refractivity contribution in [1.82, 2.24) is 0 Å². The Labute approximate surface area is 81.3 Å². The van der Waals surface area contributed by atoms with Crippen molar-refractivity contribution in [3.05, 3.63) is 0 Å². The van der Waals surface area contributed by atoms with Crippen LogP contribution in [0.25, 0.3) is 0 Å². The molecule has 3 nitrogen and oxygen atoms in total. The summed E-state index contributed by atoms with van der Waals surface area (Å²) >= 11 is 0. The van der Waals surface area contributed by atoms with E-state index in [9.17, 15) is 4.79 Å². The second-order valence-electron chi connectivity index (χ2n) is 4.73. The first-order chi connectivity index (χ1) is 5.75. The number of carbonyl (C=O) groups excluding carboxylic acids is 1. The van der Waals surface area contributed by atoms with E-state index in [2.05, 4.69) is 35.0 Å². The molecule has 0 bridgehead atoms. The molecule has 0 aromatic carbocycles. The van der Waals surface area contributed by atoms with Gasteiger partial charge in [0.2, 0.25) is 0 Å². The van der Waals surface area contributed by atoms with Gasteiger partial charge in [0.1, 0.15) is 12.6 Å². The van der Waals surface area contributed by atoms with Crippen molar-refractivity contribution < 1.29 is 14.0 Å². The molecule has 0 N–H and O–H groups in total. The molecular weight excluding hydrogens is 166 g/mol. The Bertz CT molecular complexity index is 170. The number of ether oxygens (including phenoxy) is 1. The van der Waals surface area contributed by atoms with Crippen LogP contribution in [0.15, 0.2) is 0 Å². The van der Waals surface area contributed by atoms with Crippen molar-refractivity contribution in [2.45, 2.75) is 26.8 Å². The normalized spacial score (nSPS) is 14.4. The fraction of sp³-hybridized carbons (Fsp3) is 0.900. The van der Waals surface area contributed by atoms with Crippen LogP contribution in [0.4, 0.5) is 0 Å². The third-order valence-corrected chi connectivity index (χ3v) is 2.22. The van der Waals surface area contributed by atoms with Crippen molar-refractivity contribution >= 4 is 5.97 Å². The third-order valence-electron chi connectivity index (χ3n) is 2.22. The first-order valence-electron chi connectivity index (χ1n) is 4.69. The molecule has 0 aliphatic rings. The highest BCUT2D eigenvalue weighted by Crippen LogP contribution is 2.13. The van der Waals surface area contributed by atoms with Crippen LogP contribution in [-0.4, -0.2) is 44.2 Å². The van der Waals surface area contributed by atoms with Crippen molar-refractivity contribution in [2.75, 3.05) is 27.7 Å². The summed E-state index contributed by atoms with van der Waals surface area (Å²) in [5, 5.41) is 0. The maximum absolute atomic E-state index is 10.7.